The quantitative estimate of drug-likeness (QED) is 0.365. The lowest BCUT2D eigenvalue weighted by molar-refractivity contribution is 0.00859. The van der Waals surface area contributed by atoms with Gasteiger partial charge in [0.15, 0.2) is 0 Å². The van der Waals surface area contributed by atoms with E-state index in [1.807, 2.05) is 0 Å². The van der Waals surface area contributed by atoms with Crippen LogP contribution in [0.1, 0.15) is 45.4 Å². The molecule has 124 valence electrons. The molecule has 4 heteroatoms. The molecule has 2 saturated carbocycles. The van der Waals surface area contributed by atoms with Gasteiger partial charge in [0.1, 0.15) is 0 Å². The molecule has 0 aliphatic heterocycles. The van der Waals surface area contributed by atoms with Crippen LogP contribution >= 0.6 is 15.9 Å². The van der Waals surface area contributed by atoms with E-state index in [1.54, 1.807) is 0 Å². The molecule has 2 rings (SSSR count). The van der Waals surface area contributed by atoms with Crippen molar-refractivity contribution in [2.75, 3.05) is 45.0 Å². The summed E-state index contributed by atoms with van der Waals surface area (Å²) in [5, 5.41) is 1.14. The Morgan fingerprint density at radius 3 is 2.05 bits per heavy atom. The van der Waals surface area contributed by atoms with Gasteiger partial charge in [0, 0.05) is 18.5 Å². The first-order valence-corrected chi connectivity index (χ1v) is 9.71. The maximum absolute atomic E-state index is 5.73. The lowest BCUT2D eigenvalue weighted by Crippen LogP contribution is -2.23. The monoisotopic (exact) mass is 362 g/mol. The largest absolute Gasteiger partial charge is 0.379 e. The number of alkyl halides is 1. The van der Waals surface area contributed by atoms with Crippen molar-refractivity contribution in [1.29, 1.82) is 0 Å². The Kier molecular flexibility index (Phi) is 8.00. The van der Waals surface area contributed by atoms with E-state index in [1.165, 1.54) is 32.1 Å². The van der Waals surface area contributed by atoms with E-state index in [2.05, 4.69) is 22.9 Å². The standard InChI is InChI=1S/C17H31BrO3/c1-2-3-5-19-7-9-21-10-8-20-6-4-17(14-18)12-15-11-16(15)13-17/h15-16H,2-14H2,1H3. The summed E-state index contributed by atoms with van der Waals surface area (Å²) in [5.74, 6) is 2.08. The molecule has 2 aliphatic rings. The van der Waals surface area contributed by atoms with Crippen LogP contribution in [0, 0.1) is 17.3 Å². The highest BCUT2D eigenvalue weighted by Gasteiger charge is 2.52. The molecule has 2 aliphatic carbocycles. The van der Waals surface area contributed by atoms with E-state index in [4.69, 9.17) is 14.2 Å². The second-order valence-corrected chi connectivity index (χ2v) is 7.30. The Hall–Kier alpha value is 0.360. The van der Waals surface area contributed by atoms with Gasteiger partial charge < -0.3 is 14.2 Å². The minimum Gasteiger partial charge on any atom is -0.379 e. The van der Waals surface area contributed by atoms with E-state index >= 15 is 0 Å². The van der Waals surface area contributed by atoms with E-state index in [0.717, 1.165) is 36.8 Å². The molecule has 0 saturated heterocycles. The molecule has 0 aromatic rings. The van der Waals surface area contributed by atoms with Crippen molar-refractivity contribution >= 4 is 15.9 Å². The number of fused-ring (bicyclic) bond motifs is 1. The predicted octanol–water partition coefficient (Wildman–Crippen LogP) is 4.04. The Labute approximate surface area is 138 Å². The van der Waals surface area contributed by atoms with Gasteiger partial charge in [-0.3, -0.25) is 0 Å². The second kappa shape index (κ2) is 9.49. The zero-order valence-electron chi connectivity index (χ0n) is 13.4. The summed E-state index contributed by atoms with van der Waals surface area (Å²) in [5.41, 5.74) is 0.529. The fourth-order valence-corrected chi connectivity index (χ4v) is 4.20. The van der Waals surface area contributed by atoms with Crippen molar-refractivity contribution in [2.24, 2.45) is 17.3 Å². The maximum atomic E-state index is 5.73. The second-order valence-electron chi connectivity index (χ2n) is 6.74. The van der Waals surface area contributed by atoms with Gasteiger partial charge in [0.05, 0.1) is 26.4 Å². The average molecular weight is 363 g/mol. The van der Waals surface area contributed by atoms with Gasteiger partial charge in [-0.05, 0) is 49.4 Å². The number of hydrogen-bond acceptors (Lipinski definition) is 3. The molecule has 0 N–H and O–H groups in total. The summed E-state index contributed by atoms with van der Waals surface area (Å²) in [6, 6.07) is 0. The molecule has 0 amide bonds. The first kappa shape index (κ1) is 17.7. The van der Waals surface area contributed by atoms with Gasteiger partial charge in [-0.25, -0.2) is 0 Å². The third-order valence-corrected chi connectivity index (χ3v) is 6.10. The molecular formula is C17H31BrO3. The van der Waals surface area contributed by atoms with E-state index in [0.29, 0.717) is 31.8 Å². The fraction of sp³-hybridized carbons (Fsp3) is 1.00. The van der Waals surface area contributed by atoms with Crippen LogP contribution in [0.5, 0.6) is 0 Å². The molecule has 0 bridgehead atoms. The minimum absolute atomic E-state index is 0.529. The van der Waals surface area contributed by atoms with Crippen molar-refractivity contribution in [2.45, 2.75) is 45.4 Å². The first-order chi connectivity index (χ1) is 10.3. The van der Waals surface area contributed by atoms with Crippen LogP contribution in [0.4, 0.5) is 0 Å². The van der Waals surface area contributed by atoms with Gasteiger partial charge in [-0.15, -0.1) is 0 Å². The molecule has 2 unspecified atom stereocenters. The van der Waals surface area contributed by atoms with E-state index in [9.17, 15) is 0 Å². The Morgan fingerprint density at radius 1 is 0.905 bits per heavy atom. The van der Waals surface area contributed by atoms with E-state index < -0.39 is 0 Å². The first-order valence-electron chi connectivity index (χ1n) is 8.59. The van der Waals surface area contributed by atoms with Crippen LogP contribution in [-0.4, -0.2) is 45.0 Å². The minimum atomic E-state index is 0.529. The summed E-state index contributed by atoms with van der Waals surface area (Å²) >= 11 is 3.72. The molecule has 0 spiro atoms. The van der Waals surface area contributed by atoms with Crippen LogP contribution in [-0.2, 0) is 14.2 Å². The number of halogens is 1. The number of unbranched alkanes of at least 4 members (excludes halogenated alkanes) is 1. The highest BCUT2D eigenvalue weighted by Crippen LogP contribution is 2.61. The highest BCUT2D eigenvalue weighted by molar-refractivity contribution is 9.09. The van der Waals surface area contributed by atoms with Crippen molar-refractivity contribution in [1.82, 2.24) is 0 Å². The molecule has 2 fully saturated rings. The van der Waals surface area contributed by atoms with Crippen molar-refractivity contribution < 1.29 is 14.2 Å². The van der Waals surface area contributed by atoms with Gasteiger partial charge >= 0.3 is 0 Å². The number of ether oxygens (including phenoxy) is 3. The third kappa shape index (κ3) is 6.17. The average Bonchev–Trinajstić information content (AvgIpc) is 3.12. The van der Waals surface area contributed by atoms with Crippen LogP contribution in [0.2, 0.25) is 0 Å². The van der Waals surface area contributed by atoms with Crippen LogP contribution in [0.25, 0.3) is 0 Å². The fourth-order valence-electron chi connectivity index (χ4n) is 3.46. The predicted molar refractivity (Wildman–Crippen MR) is 89.0 cm³/mol. The molecule has 21 heavy (non-hydrogen) atoms. The SMILES string of the molecule is CCCCOCCOCCOCCC1(CBr)CC2CC2C1. The van der Waals surface area contributed by atoms with Crippen molar-refractivity contribution in [3.63, 3.8) is 0 Å². The molecule has 0 radical (unpaired) electrons. The zero-order valence-corrected chi connectivity index (χ0v) is 15.0. The summed E-state index contributed by atoms with van der Waals surface area (Å²) < 4.78 is 16.7. The lowest BCUT2D eigenvalue weighted by atomic mass is 9.82. The van der Waals surface area contributed by atoms with Gasteiger partial charge in [0.25, 0.3) is 0 Å². The molecule has 0 aromatic carbocycles. The van der Waals surface area contributed by atoms with Crippen LogP contribution < -0.4 is 0 Å². The van der Waals surface area contributed by atoms with Crippen LogP contribution in [0.15, 0.2) is 0 Å². The van der Waals surface area contributed by atoms with Gasteiger partial charge in [0.2, 0.25) is 0 Å². The Morgan fingerprint density at radius 2 is 1.48 bits per heavy atom. The number of hydrogen-bond donors (Lipinski definition) is 0. The summed E-state index contributed by atoms with van der Waals surface area (Å²) in [6.07, 6.45) is 7.84. The summed E-state index contributed by atoms with van der Waals surface area (Å²) in [6.45, 7) is 6.68. The molecule has 0 heterocycles. The zero-order chi connectivity index (χ0) is 15.0. The van der Waals surface area contributed by atoms with Gasteiger partial charge in [-0.2, -0.15) is 0 Å². The molecular weight excluding hydrogens is 332 g/mol. The number of rotatable bonds is 13. The maximum Gasteiger partial charge on any atom is 0.0701 e. The highest BCUT2D eigenvalue weighted by atomic mass is 79.9. The molecule has 3 nitrogen and oxygen atoms in total. The van der Waals surface area contributed by atoms with Crippen molar-refractivity contribution in [3.05, 3.63) is 0 Å². The smallest absolute Gasteiger partial charge is 0.0701 e. The van der Waals surface area contributed by atoms with Crippen LogP contribution in [0.3, 0.4) is 0 Å². The summed E-state index contributed by atoms with van der Waals surface area (Å²) in [7, 11) is 0. The molecule has 0 aromatic heterocycles. The van der Waals surface area contributed by atoms with Gasteiger partial charge in [-0.1, -0.05) is 29.3 Å². The lowest BCUT2D eigenvalue weighted by Gasteiger charge is -2.28. The summed E-state index contributed by atoms with van der Waals surface area (Å²) in [4.78, 5) is 0. The van der Waals surface area contributed by atoms with Crippen molar-refractivity contribution in [3.8, 4) is 0 Å². The normalized spacial score (nSPS) is 30.6. The van der Waals surface area contributed by atoms with E-state index in [-0.39, 0.29) is 0 Å². The third-order valence-electron chi connectivity index (χ3n) is 4.91. The Balaban J connectivity index is 1.37. The molecule has 2 atom stereocenters. The Bertz CT molecular complexity index is 275. The topological polar surface area (TPSA) is 27.7 Å².